The van der Waals surface area contributed by atoms with Crippen LogP contribution >= 0.6 is 15.9 Å². The number of carbonyl (C=O) groups is 1. The highest BCUT2D eigenvalue weighted by atomic mass is 79.9. The fourth-order valence-corrected chi connectivity index (χ4v) is 3.37. The van der Waals surface area contributed by atoms with E-state index < -0.39 is 5.82 Å². The molecule has 1 fully saturated rings. The van der Waals surface area contributed by atoms with Gasteiger partial charge in [0.2, 0.25) is 0 Å². The predicted molar refractivity (Wildman–Crippen MR) is 74.2 cm³/mol. The summed E-state index contributed by atoms with van der Waals surface area (Å²) in [5.41, 5.74) is 0.235. The number of ketones is 1. The molecule has 0 bridgehead atoms. The van der Waals surface area contributed by atoms with Crippen LogP contribution in [0.1, 0.15) is 49.4 Å². The molecule has 0 N–H and O–H groups in total. The van der Waals surface area contributed by atoms with Crippen molar-refractivity contribution in [3.05, 3.63) is 34.1 Å². The lowest BCUT2D eigenvalue weighted by molar-refractivity contribution is 0.0857. The van der Waals surface area contributed by atoms with Crippen molar-refractivity contribution < 1.29 is 9.18 Å². The molecule has 0 aromatic heterocycles. The Morgan fingerprint density at radius 1 is 1.44 bits per heavy atom. The van der Waals surface area contributed by atoms with Gasteiger partial charge < -0.3 is 0 Å². The molecular weight excluding hydrogens is 295 g/mol. The van der Waals surface area contributed by atoms with Crippen LogP contribution in [0, 0.1) is 17.7 Å². The van der Waals surface area contributed by atoms with Crippen LogP contribution in [-0.4, -0.2) is 5.78 Å². The van der Waals surface area contributed by atoms with Crippen LogP contribution < -0.4 is 0 Å². The van der Waals surface area contributed by atoms with Gasteiger partial charge in [-0.2, -0.15) is 0 Å². The van der Waals surface area contributed by atoms with Gasteiger partial charge in [0.25, 0.3) is 0 Å². The first-order valence-electron chi connectivity index (χ1n) is 6.61. The third-order valence-corrected chi connectivity index (χ3v) is 4.60. The molecule has 1 aliphatic carbocycles. The predicted octanol–water partition coefficient (Wildman–Crippen LogP) is 4.99. The van der Waals surface area contributed by atoms with E-state index in [0.717, 1.165) is 25.7 Å². The molecule has 18 heavy (non-hydrogen) atoms. The minimum absolute atomic E-state index is 0.00287. The number of hydrogen-bond donors (Lipinski definition) is 0. The summed E-state index contributed by atoms with van der Waals surface area (Å²) >= 11 is 3.29. The first kappa shape index (κ1) is 13.7. The van der Waals surface area contributed by atoms with Gasteiger partial charge in [0.15, 0.2) is 5.78 Å². The normalized spacial score (nSPS) is 23.9. The summed E-state index contributed by atoms with van der Waals surface area (Å²) in [5.74, 6) is 0.182. The zero-order valence-electron chi connectivity index (χ0n) is 10.6. The molecule has 2 atom stereocenters. The van der Waals surface area contributed by atoms with Gasteiger partial charge in [0.05, 0.1) is 5.56 Å². The van der Waals surface area contributed by atoms with Crippen LogP contribution in [-0.2, 0) is 0 Å². The van der Waals surface area contributed by atoms with E-state index in [0.29, 0.717) is 10.4 Å². The zero-order chi connectivity index (χ0) is 13.1. The zero-order valence-corrected chi connectivity index (χ0v) is 12.2. The molecule has 1 nitrogen and oxygen atoms in total. The van der Waals surface area contributed by atoms with Gasteiger partial charge in [-0.3, -0.25) is 4.79 Å². The minimum atomic E-state index is -0.409. The Kier molecular flexibility index (Phi) is 4.55. The first-order valence-corrected chi connectivity index (χ1v) is 7.41. The maximum absolute atomic E-state index is 13.8. The largest absolute Gasteiger partial charge is 0.294 e. The van der Waals surface area contributed by atoms with Gasteiger partial charge in [-0.15, -0.1) is 0 Å². The van der Waals surface area contributed by atoms with Crippen LogP contribution in [0.2, 0.25) is 0 Å². The Balaban J connectivity index is 2.20. The fourth-order valence-electron chi connectivity index (χ4n) is 2.84. The van der Waals surface area contributed by atoms with E-state index >= 15 is 0 Å². The summed E-state index contributed by atoms with van der Waals surface area (Å²) in [6.45, 7) is 2.16. The number of carbonyl (C=O) groups excluding carboxylic acids is 1. The molecule has 0 heterocycles. The first-order chi connectivity index (χ1) is 8.63. The maximum Gasteiger partial charge on any atom is 0.170 e. The van der Waals surface area contributed by atoms with Crippen molar-refractivity contribution in [2.75, 3.05) is 0 Å². The molecule has 2 rings (SSSR count). The summed E-state index contributed by atoms with van der Waals surface area (Å²) in [7, 11) is 0. The van der Waals surface area contributed by atoms with E-state index in [1.165, 1.54) is 12.5 Å². The van der Waals surface area contributed by atoms with Gasteiger partial charge in [0.1, 0.15) is 5.82 Å². The van der Waals surface area contributed by atoms with E-state index in [4.69, 9.17) is 0 Å². The van der Waals surface area contributed by atoms with Gasteiger partial charge >= 0.3 is 0 Å². The summed E-state index contributed by atoms with van der Waals surface area (Å²) in [6.07, 6.45) is 5.22. The molecule has 1 aromatic carbocycles. The lowest BCUT2D eigenvalue weighted by atomic mass is 9.77. The van der Waals surface area contributed by atoms with E-state index in [9.17, 15) is 9.18 Å². The highest BCUT2D eigenvalue weighted by Crippen LogP contribution is 2.34. The monoisotopic (exact) mass is 312 g/mol. The highest BCUT2D eigenvalue weighted by molar-refractivity contribution is 9.10. The topological polar surface area (TPSA) is 17.1 Å². The summed E-state index contributed by atoms with van der Waals surface area (Å²) in [5, 5.41) is 0. The molecular formula is C15H18BrFO. The molecule has 2 unspecified atom stereocenters. The van der Waals surface area contributed by atoms with Crippen molar-refractivity contribution in [3.8, 4) is 0 Å². The minimum Gasteiger partial charge on any atom is -0.294 e. The second-order valence-electron chi connectivity index (χ2n) is 5.10. The molecule has 1 aromatic rings. The smallest absolute Gasteiger partial charge is 0.170 e. The van der Waals surface area contributed by atoms with E-state index in [-0.39, 0.29) is 17.3 Å². The average Bonchev–Trinajstić information content (AvgIpc) is 2.38. The van der Waals surface area contributed by atoms with Crippen LogP contribution in [0.3, 0.4) is 0 Å². The average molecular weight is 313 g/mol. The number of rotatable bonds is 3. The van der Waals surface area contributed by atoms with Gasteiger partial charge in [-0.1, -0.05) is 32.3 Å². The third kappa shape index (κ3) is 2.82. The maximum atomic E-state index is 13.8. The Bertz CT molecular complexity index is 424. The number of Topliss-reactive ketones (excluding diaryl/α,β-unsaturated/α-hetero) is 1. The Morgan fingerprint density at radius 3 is 2.89 bits per heavy atom. The lowest BCUT2D eigenvalue weighted by Crippen LogP contribution is -2.23. The fraction of sp³-hybridized carbons (Fsp3) is 0.533. The van der Waals surface area contributed by atoms with Crippen LogP contribution in [0.5, 0.6) is 0 Å². The van der Waals surface area contributed by atoms with Gasteiger partial charge in [-0.05, 0) is 46.8 Å². The molecule has 0 amide bonds. The summed E-state index contributed by atoms with van der Waals surface area (Å²) in [4.78, 5) is 12.4. The van der Waals surface area contributed by atoms with Crippen molar-refractivity contribution in [2.45, 2.75) is 39.0 Å². The third-order valence-electron chi connectivity index (χ3n) is 3.94. The van der Waals surface area contributed by atoms with Crippen LogP contribution in [0.15, 0.2) is 22.7 Å². The molecule has 1 aliphatic rings. The molecule has 0 aliphatic heterocycles. The molecule has 98 valence electrons. The van der Waals surface area contributed by atoms with Crippen molar-refractivity contribution >= 4 is 21.7 Å². The molecule has 0 spiro atoms. The number of halogens is 2. The lowest BCUT2D eigenvalue weighted by Gasteiger charge is -2.27. The van der Waals surface area contributed by atoms with Crippen molar-refractivity contribution in [2.24, 2.45) is 11.8 Å². The summed E-state index contributed by atoms with van der Waals surface area (Å²) in [6, 6.07) is 4.71. The SMILES string of the molecule is CCC1CCCC(C(=O)c2c(F)cccc2Br)C1. The second kappa shape index (κ2) is 5.96. The standard InChI is InChI=1S/C15H18BrFO/c1-2-10-5-3-6-11(9-10)15(18)14-12(16)7-4-8-13(14)17/h4,7-8,10-11H,2-3,5-6,9H2,1H3. The molecule has 0 saturated heterocycles. The van der Waals surface area contributed by atoms with Gasteiger partial charge in [-0.25, -0.2) is 4.39 Å². The molecule has 3 heteroatoms. The Hall–Kier alpha value is -0.700. The Morgan fingerprint density at radius 2 is 2.22 bits per heavy atom. The Labute approximate surface area is 116 Å². The quantitative estimate of drug-likeness (QED) is 0.719. The highest BCUT2D eigenvalue weighted by Gasteiger charge is 2.29. The van der Waals surface area contributed by atoms with Crippen molar-refractivity contribution in [1.29, 1.82) is 0 Å². The van der Waals surface area contributed by atoms with Crippen LogP contribution in [0.4, 0.5) is 4.39 Å². The number of benzene rings is 1. The summed E-state index contributed by atoms with van der Waals surface area (Å²) < 4.78 is 14.4. The van der Waals surface area contributed by atoms with Crippen molar-refractivity contribution in [1.82, 2.24) is 0 Å². The van der Waals surface area contributed by atoms with E-state index in [1.807, 2.05) is 0 Å². The van der Waals surface area contributed by atoms with E-state index in [1.54, 1.807) is 12.1 Å². The second-order valence-corrected chi connectivity index (χ2v) is 5.95. The van der Waals surface area contributed by atoms with Gasteiger partial charge in [0, 0.05) is 10.4 Å². The number of hydrogen-bond acceptors (Lipinski definition) is 1. The van der Waals surface area contributed by atoms with Crippen molar-refractivity contribution in [3.63, 3.8) is 0 Å². The molecule has 1 saturated carbocycles. The van der Waals surface area contributed by atoms with Crippen LogP contribution in [0.25, 0.3) is 0 Å². The van der Waals surface area contributed by atoms with E-state index in [2.05, 4.69) is 22.9 Å². The molecule has 0 radical (unpaired) electrons.